The molecule has 21 heavy (non-hydrogen) atoms. The van der Waals surface area contributed by atoms with Crippen molar-refractivity contribution in [3.05, 3.63) is 41.5 Å². The van der Waals surface area contributed by atoms with Crippen LogP contribution in [0.4, 0.5) is 13.2 Å². The van der Waals surface area contributed by atoms with E-state index < -0.39 is 11.7 Å². The average Bonchev–Trinajstić information content (AvgIpc) is 2.40. The Bertz CT molecular complexity index is 522. The lowest BCUT2D eigenvalue weighted by molar-refractivity contribution is -0.137. The summed E-state index contributed by atoms with van der Waals surface area (Å²) >= 11 is 0. The van der Waals surface area contributed by atoms with Crippen LogP contribution in [-0.2, 0) is 15.8 Å². The highest BCUT2D eigenvalue weighted by Gasteiger charge is 2.29. The molecule has 0 unspecified atom stereocenters. The molecule has 0 saturated carbocycles. The minimum Gasteiger partial charge on any atom is -0.355 e. The van der Waals surface area contributed by atoms with Crippen LogP contribution in [0.5, 0.6) is 0 Å². The van der Waals surface area contributed by atoms with E-state index in [1.54, 1.807) is 0 Å². The Morgan fingerprint density at radius 1 is 1.10 bits per heavy atom. The first-order chi connectivity index (χ1) is 9.79. The fourth-order valence-electron chi connectivity index (χ4n) is 1.44. The number of amides is 2. The summed E-state index contributed by atoms with van der Waals surface area (Å²) in [6, 6.07) is 4.47. The molecule has 2 N–H and O–H groups in total. The highest BCUT2D eigenvalue weighted by Crippen LogP contribution is 2.29. The quantitative estimate of drug-likeness (QED) is 0.645. The molecule has 0 radical (unpaired) electrons. The zero-order valence-electron chi connectivity index (χ0n) is 11.3. The second kappa shape index (κ2) is 7.47. The van der Waals surface area contributed by atoms with Crippen LogP contribution in [0.15, 0.2) is 30.3 Å². The van der Waals surface area contributed by atoms with E-state index in [-0.39, 0.29) is 18.4 Å². The summed E-state index contributed by atoms with van der Waals surface area (Å²) in [4.78, 5) is 22.0. The first kappa shape index (κ1) is 16.7. The molecule has 7 heteroatoms. The maximum atomic E-state index is 12.4. The van der Waals surface area contributed by atoms with Crippen molar-refractivity contribution in [3.63, 3.8) is 0 Å². The third-order valence-electron chi connectivity index (χ3n) is 2.46. The van der Waals surface area contributed by atoms with Crippen LogP contribution in [0.1, 0.15) is 18.1 Å². The van der Waals surface area contributed by atoms with Crippen LogP contribution in [-0.4, -0.2) is 24.9 Å². The zero-order chi connectivity index (χ0) is 15.9. The second-order valence-electron chi connectivity index (χ2n) is 4.23. The van der Waals surface area contributed by atoms with Gasteiger partial charge < -0.3 is 10.6 Å². The Morgan fingerprint density at radius 3 is 2.19 bits per heavy atom. The number of carbonyl (C=O) groups excluding carboxylic acids is 2. The SMILES string of the molecule is CC(=O)NCCNC(=O)/C=C/c1ccc(C(F)(F)F)cc1. The van der Waals surface area contributed by atoms with E-state index in [1.807, 2.05) is 0 Å². The first-order valence-corrected chi connectivity index (χ1v) is 6.16. The molecule has 0 saturated heterocycles. The Morgan fingerprint density at radius 2 is 1.67 bits per heavy atom. The van der Waals surface area contributed by atoms with E-state index in [1.165, 1.54) is 31.2 Å². The fraction of sp³-hybridized carbons (Fsp3) is 0.286. The number of rotatable bonds is 5. The molecule has 4 nitrogen and oxygen atoms in total. The van der Waals surface area contributed by atoms with Crippen molar-refractivity contribution in [1.29, 1.82) is 0 Å². The van der Waals surface area contributed by atoms with Gasteiger partial charge in [0.1, 0.15) is 0 Å². The van der Waals surface area contributed by atoms with Gasteiger partial charge in [0.05, 0.1) is 5.56 Å². The van der Waals surface area contributed by atoms with Gasteiger partial charge in [-0.3, -0.25) is 9.59 Å². The van der Waals surface area contributed by atoms with Gasteiger partial charge in [-0.05, 0) is 23.8 Å². The van der Waals surface area contributed by atoms with E-state index in [4.69, 9.17) is 0 Å². The van der Waals surface area contributed by atoms with Gasteiger partial charge in [0, 0.05) is 26.1 Å². The lowest BCUT2D eigenvalue weighted by atomic mass is 10.1. The lowest BCUT2D eigenvalue weighted by Crippen LogP contribution is -2.32. The highest BCUT2D eigenvalue weighted by atomic mass is 19.4. The summed E-state index contributed by atoms with van der Waals surface area (Å²) in [6.45, 7) is 1.96. The number of benzene rings is 1. The molecular weight excluding hydrogens is 285 g/mol. The number of hydrogen-bond acceptors (Lipinski definition) is 2. The molecule has 114 valence electrons. The van der Waals surface area contributed by atoms with E-state index in [9.17, 15) is 22.8 Å². The van der Waals surface area contributed by atoms with Gasteiger partial charge in [0.25, 0.3) is 0 Å². The van der Waals surface area contributed by atoms with E-state index in [0.29, 0.717) is 12.1 Å². The molecule has 0 aliphatic heterocycles. The van der Waals surface area contributed by atoms with Gasteiger partial charge in [0.2, 0.25) is 11.8 Å². The standard InChI is InChI=1S/C14H15F3N2O2/c1-10(20)18-8-9-19-13(21)7-4-11-2-5-12(6-3-11)14(15,16)17/h2-7H,8-9H2,1H3,(H,18,20)(H,19,21)/b7-4+. The predicted molar refractivity (Wildman–Crippen MR) is 72.2 cm³/mol. The fourth-order valence-corrected chi connectivity index (χ4v) is 1.44. The molecule has 2 amide bonds. The van der Waals surface area contributed by atoms with E-state index in [0.717, 1.165) is 12.1 Å². The van der Waals surface area contributed by atoms with Gasteiger partial charge in [-0.15, -0.1) is 0 Å². The Labute approximate surface area is 120 Å². The van der Waals surface area contributed by atoms with Crippen molar-refractivity contribution in [1.82, 2.24) is 10.6 Å². The topological polar surface area (TPSA) is 58.2 Å². The van der Waals surface area contributed by atoms with Gasteiger partial charge in [-0.1, -0.05) is 12.1 Å². The average molecular weight is 300 g/mol. The molecule has 0 aliphatic rings. The summed E-state index contributed by atoms with van der Waals surface area (Å²) in [6.07, 6.45) is -1.74. The summed E-state index contributed by atoms with van der Waals surface area (Å²) < 4.78 is 37.1. The molecule has 0 heterocycles. The highest BCUT2D eigenvalue weighted by molar-refractivity contribution is 5.91. The van der Waals surface area contributed by atoms with Gasteiger partial charge >= 0.3 is 6.18 Å². The van der Waals surface area contributed by atoms with Crippen molar-refractivity contribution in [2.45, 2.75) is 13.1 Å². The molecule has 0 aliphatic carbocycles. The third kappa shape index (κ3) is 6.60. The predicted octanol–water partition coefficient (Wildman–Crippen LogP) is 1.97. The molecule has 1 rings (SSSR count). The molecule has 0 aromatic heterocycles. The number of hydrogen-bond donors (Lipinski definition) is 2. The summed E-state index contributed by atoms with van der Waals surface area (Å²) in [5, 5.41) is 5.03. The summed E-state index contributed by atoms with van der Waals surface area (Å²) in [5.74, 6) is -0.579. The van der Waals surface area contributed by atoms with Crippen molar-refractivity contribution in [2.24, 2.45) is 0 Å². The smallest absolute Gasteiger partial charge is 0.355 e. The van der Waals surface area contributed by atoms with Crippen LogP contribution < -0.4 is 10.6 Å². The Kier molecular flexibility index (Phi) is 5.95. The third-order valence-corrected chi connectivity index (χ3v) is 2.46. The molecular formula is C14H15F3N2O2. The second-order valence-corrected chi connectivity index (χ2v) is 4.23. The van der Waals surface area contributed by atoms with Crippen molar-refractivity contribution >= 4 is 17.9 Å². The van der Waals surface area contributed by atoms with Crippen LogP contribution in [0, 0.1) is 0 Å². The molecule has 1 aromatic carbocycles. The largest absolute Gasteiger partial charge is 0.416 e. The molecule has 1 aromatic rings. The van der Waals surface area contributed by atoms with E-state index in [2.05, 4.69) is 10.6 Å². The van der Waals surface area contributed by atoms with Gasteiger partial charge in [-0.2, -0.15) is 13.2 Å². The zero-order valence-corrected chi connectivity index (χ0v) is 11.3. The van der Waals surface area contributed by atoms with Crippen molar-refractivity contribution < 1.29 is 22.8 Å². The molecule has 0 atom stereocenters. The maximum Gasteiger partial charge on any atom is 0.416 e. The molecule has 0 bridgehead atoms. The Hall–Kier alpha value is -2.31. The molecule has 0 spiro atoms. The summed E-state index contributed by atoms with van der Waals surface area (Å²) in [7, 11) is 0. The molecule has 0 fully saturated rings. The summed E-state index contributed by atoms with van der Waals surface area (Å²) in [5.41, 5.74) is -0.251. The van der Waals surface area contributed by atoms with Crippen LogP contribution >= 0.6 is 0 Å². The normalized spacial score (nSPS) is 11.4. The number of halogens is 3. The van der Waals surface area contributed by atoms with Crippen LogP contribution in [0.25, 0.3) is 6.08 Å². The number of alkyl halides is 3. The Balaban J connectivity index is 2.45. The number of carbonyl (C=O) groups is 2. The van der Waals surface area contributed by atoms with E-state index >= 15 is 0 Å². The first-order valence-electron chi connectivity index (χ1n) is 6.16. The van der Waals surface area contributed by atoms with Crippen LogP contribution in [0.3, 0.4) is 0 Å². The minimum atomic E-state index is -4.37. The van der Waals surface area contributed by atoms with Crippen LogP contribution in [0.2, 0.25) is 0 Å². The lowest BCUT2D eigenvalue weighted by Gasteiger charge is -2.06. The number of nitrogens with one attached hydrogen (secondary N) is 2. The van der Waals surface area contributed by atoms with Crippen molar-refractivity contribution in [3.8, 4) is 0 Å². The van der Waals surface area contributed by atoms with Crippen molar-refractivity contribution in [2.75, 3.05) is 13.1 Å². The monoisotopic (exact) mass is 300 g/mol. The van der Waals surface area contributed by atoms with Gasteiger partial charge in [-0.25, -0.2) is 0 Å². The maximum absolute atomic E-state index is 12.4. The van der Waals surface area contributed by atoms with Gasteiger partial charge in [0.15, 0.2) is 0 Å². The minimum absolute atomic E-state index is 0.190.